The molecular formula is C19H19NO3S2. The summed E-state index contributed by atoms with van der Waals surface area (Å²) in [5.74, 6) is 0.810. The van der Waals surface area contributed by atoms with Crippen molar-refractivity contribution in [2.75, 3.05) is 6.54 Å². The van der Waals surface area contributed by atoms with Gasteiger partial charge in [-0.3, -0.25) is 9.00 Å². The van der Waals surface area contributed by atoms with E-state index < -0.39 is 10.8 Å². The summed E-state index contributed by atoms with van der Waals surface area (Å²) in [6.45, 7) is 2.49. The van der Waals surface area contributed by atoms with E-state index in [1.54, 1.807) is 23.5 Å². The number of carbonyl (C=O) groups excluding carboxylic acids is 1. The van der Waals surface area contributed by atoms with E-state index >= 15 is 0 Å². The molecule has 25 heavy (non-hydrogen) atoms. The molecule has 1 N–H and O–H groups in total. The van der Waals surface area contributed by atoms with Gasteiger partial charge >= 0.3 is 0 Å². The van der Waals surface area contributed by atoms with Gasteiger partial charge in [-0.2, -0.15) is 0 Å². The number of aryl methyl sites for hydroxylation is 1. The molecule has 6 heteroatoms. The fourth-order valence-electron chi connectivity index (χ4n) is 2.44. The van der Waals surface area contributed by atoms with E-state index in [0.29, 0.717) is 12.3 Å². The van der Waals surface area contributed by atoms with Gasteiger partial charge in [0.25, 0.3) is 5.91 Å². The van der Waals surface area contributed by atoms with E-state index in [0.717, 1.165) is 16.9 Å². The third kappa shape index (κ3) is 4.67. The zero-order chi connectivity index (χ0) is 17.6. The van der Waals surface area contributed by atoms with Crippen molar-refractivity contribution in [3.63, 3.8) is 0 Å². The van der Waals surface area contributed by atoms with E-state index in [1.165, 1.54) is 4.88 Å². The van der Waals surface area contributed by atoms with Crippen LogP contribution in [0, 0.1) is 6.92 Å². The molecule has 1 amide bonds. The summed E-state index contributed by atoms with van der Waals surface area (Å²) >= 11 is 1.67. The van der Waals surface area contributed by atoms with E-state index in [-0.39, 0.29) is 17.4 Å². The first kappa shape index (κ1) is 17.6. The standard InChI is InChI=1S/C19H19NO3S2/c1-14-5-2-3-7-18(14)25(22)13-15-8-9-17(23-15)19(21)20-11-10-16-6-4-12-24-16/h2-9,12H,10-11,13H2,1H3,(H,20,21)/t25-/m1/s1. The second-order valence-corrected chi connectivity index (χ2v) is 8.06. The van der Waals surface area contributed by atoms with Gasteiger partial charge in [-0.1, -0.05) is 24.3 Å². The van der Waals surface area contributed by atoms with Crippen molar-refractivity contribution in [1.82, 2.24) is 5.32 Å². The summed E-state index contributed by atoms with van der Waals surface area (Å²) in [6.07, 6.45) is 0.800. The smallest absolute Gasteiger partial charge is 0.287 e. The van der Waals surface area contributed by atoms with E-state index in [1.807, 2.05) is 48.7 Å². The predicted octanol–water partition coefficient (Wildman–Crippen LogP) is 3.93. The lowest BCUT2D eigenvalue weighted by Crippen LogP contribution is -2.25. The molecule has 0 fully saturated rings. The Morgan fingerprint density at radius 3 is 2.76 bits per heavy atom. The molecule has 0 bridgehead atoms. The van der Waals surface area contributed by atoms with Crippen LogP contribution in [0.15, 0.2) is 63.2 Å². The molecule has 4 nitrogen and oxygen atoms in total. The van der Waals surface area contributed by atoms with Crippen LogP contribution in [0.1, 0.15) is 26.8 Å². The molecule has 0 saturated carbocycles. The third-order valence-corrected chi connectivity index (χ3v) is 6.17. The SMILES string of the molecule is Cc1ccccc1[S@](=O)Cc1ccc(C(=O)NCCc2cccs2)o1. The Bertz CT molecular complexity index is 868. The maximum atomic E-state index is 12.5. The molecule has 1 aromatic carbocycles. The summed E-state index contributed by atoms with van der Waals surface area (Å²) in [6, 6.07) is 15.0. The monoisotopic (exact) mass is 373 g/mol. The quantitative estimate of drug-likeness (QED) is 0.683. The minimum Gasteiger partial charge on any atom is -0.455 e. The van der Waals surface area contributed by atoms with E-state index in [9.17, 15) is 9.00 Å². The first-order valence-corrected chi connectivity index (χ1v) is 10.2. The first-order valence-electron chi connectivity index (χ1n) is 7.97. The number of carbonyl (C=O) groups is 1. The van der Waals surface area contributed by atoms with Gasteiger partial charge in [0, 0.05) is 16.3 Å². The number of nitrogens with one attached hydrogen (secondary N) is 1. The lowest BCUT2D eigenvalue weighted by atomic mass is 10.2. The molecule has 2 aromatic heterocycles. The Kier molecular flexibility index (Phi) is 5.83. The lowest BCUT2D eigenvalue weighted by molar-refractivity contribution is 0.0925. The van der Waals surface area contributed by atoms with Crippen molar-refractivity contribution in [1.29, 1.82) is 0 Å². The van der Waals surface area contributed by atoms with Gasteiger partial charge in [0.05, 0.1) is 16.6 Å². The van der Waals surface area contributed by atoms with Crippen molar-refractivity contribution in [2.24, 2.45) is 0 Å². The van der Waals surface area contributed by atoms with Crippen molar-refractivity contribution in [2.45, 2.75) is 24.0 Å². The lowest BCUT2D eigenvalue weighted by Gasteiger charge is -2.04. The molecule has 0 saturated heterocycles. The maximum Gasteiger partial charge on any atom is 0.287 e. The summed E-state index contributed by atoms with van der Waals surface area (Å²) in [7, 11) is -1.20. The Hall–Kier alpha value is -2.18. The van der Waals surface area contributed by atoms with Gasteiger partial charge < -0.3 is 9.73 Å². The molecule has 0 radical (unpaired) electrons. The highest BCUT2D eigenvalue weighted by Crippen LogP contribution is 2.18. The van der Waals surface area contributed by atoms with Crippen molar-refractivity contribution < 1.29 is 13.4 Å². The predicted molar refractivity (Wildman–Crippen MR) is 100 cm³/mol. The second-order valence-electron chi connectivity index (χ2n) is 5.61. The van der Waals surface area contributed by atoms with Crippen LogP contribution in [0.5, 0.6) is 0 Å². The highest BCUT2D eigenvalue weighted by atomic mass is 32.2. The van der Waals surface area contributed by atoms with Gasteiger partial charge in [-0.25, -0.2) is 0 Å². The van der Waals surface area contributed by atoms with Crippen LogP contribution < -0.4 is 5.32 Å². The van der Waals surface area contributed by atoms with Gasteiger partial charge in [0.1, 0.15) is 5.76 Å². The molecule has 1 atom stereocenters. The number of hydrogen-bond donors (Lipinski definition) is 1. The summed E-state index contributed by atoms with van der Waals surface area (Å²) in [5.41, 5.74) is 0.985. The summed E-state index contributed by atoms with van der Waals surface area (Å²) < 4.78 is 18.0. The van der Waals surface area contributed by atoms with Crippen LogP contribution >= 0.6 is 11.3 Å². The molecule has 2 heterocycles. The zero-order valence-electron chi connectivity index (χ0n) is 13.9. The third-order valence-electron chi connectivity index (χ3n) is 3.73. The van der Waals surface area contributed by atoms with Crippen LogP contribution in [0.4, 0.5) is 0 Å². The molecule has 3 aromatic rings. The Morgan fingerprint density at radius 2 is 2.00 bits per heavy atom. The Morgan fingerprint density at radius 1 is 1.16 bits per heavy atom. The van der Waals surface area contributed by atoms with Crippen molar-refractivity contribution >= 4 is 28.0 Å². The highest BCUT2D eigenvalue weighted by molar-refractivity contribution is 7.84. The van der Waals surface area contributed by atoms with Crippen molar-refractivity contribution in [3.05, 3.63) is 75.9 Å². The summed E-state index contributed by atoms with van der Waals surface area (Å²) in [4.78, 5) is 14.1. The molecule has 0 aliphatic carbocycles. The number of rotatable bonds is 7. The first-order chi connectivity index (χ1) is 12.1. The van der Waals surface area contributed by atoms with Crippen LogP contribution in [-0.4, -0.2) is 16.7 Å². The van der Waals surface area contributed by atoms with E-state index in [4.69, 9.17) is 4.42 Å². The minimum absolute atomic E-state index is 0.246. The molecule has 0 aliphatic heterocycles. The summed E-state index contributed by atoms with van der Waals surface area (Å²) in [5, 5.41) is 4.86. The average Bonchev–Trinajstić information content (AvgIpc) is 3.27. The second kappa shape index (κ2) is 8.27. The fraction of sp³-hybridized carbons (Fsp3) is 0.211. The topological polar surface area (TPSA) is 59.3 Å². The molecule has 0 aliphatic rings. The number of amides is 1. The van der Waals surface area contributed by atoms with Gasteiger partial charge in [0.15, 0.2) is 5.76 Å². The normalized spacial score (nSPS) is 12.0. The molecular weight excluding hydrogens is 354 g/mol. The van der Waals surface area contributed by atoms with Crippen LogP contribution in [0.3, 0.4) is 0 Å². The molecule has 0 spiro atoms. The fourth-order valence-corrected chi connectivity index (χ4v) is 4.37. The molecule has 3 rings (SSSR count). The number of hydrogen-bond acceptors (Lipinski definition) is 4. The highest BCUT2D eigenvalue weighted by Gasteiger charge is 2.14. The molecule has 130 valence electrons. The number of thiophene rings is 1. The van der Waals surface area contributed by atoms with Gasteiger partial charge in [-0.05, 0) is 48.6 Å². The Balaban J connectivity index is 1.55. The average molecular weight is 373 g/mol. The minimum atomic E-state index is -1.20. The van der Waals surface area contributed by atoms with E-state index in [2.05, 4.69) is 5.32 Å². The Labute approximate surface area is 153 Å². The largest absolute Gasteiger partial charge is 0.455 e. The van der Waals surface area contributed by atoms with Crippen LogP contribution in [0.2, 0.25) is 0 Å². The molecule has 0 unspecified atom stereocenters. The number of benzene rings is 1. The van der Waals surface area contributed by atoms with Gasteiger partial charge in [0.2, 0.25) is 0 Å². The van der Waals surface area contributed by atoms with Gasteiger partial charge in [-0.15, -0.1) is 11.3 Å². The zero-order valence-corrected chi connectivity index (χ0v) is 15.5. The van der Waals surface area contributed by atoms with Crippen molar-refractivity contribution in [3.8, 4) is 0 Å². The van der Waals surface area contributed by atoms with Crippen LogP contribution in [0.25, 0.3) is 0 Å². The number of furan rings is 1. The maximum absolute atomic E-state index is 12.5. The van der Waals surface area contributed by atoms with Crippen LogP contribution in [-0.2, 0) is 23.0 Å².